The average Bonchev–Trinajstić information content (AvgIpc) is 2.50. The third-order valence-corrected chi connectivity index (χ3v) is 1.68. The van der Waals surface area contributed by atoms with E-state index in [1.807, 2.05) is 0 Å². The molecule has 82 valence electrons. The fourth-order valence-electron chi connectivity index (χ4n) is 1.16. The highest BCUT2D eigenvalue weighted by Crippen LogP contribution is 2.00. The van der Waals surface area contributed by atoms with Gasteiger partial charge in [-0.1, -0.05) is 11.2 Å². The summed E-state index contributed by atoms with van der Waals surface area (Å²) >= 11 is 0. The molecule has 0 aliphatic carbocycles. The highest BCUT2D eigenvalue weighted by Gasteiger charge is 2.11. The van der Waals surface area contributed by atoms with E-state index in [-0.39, 0.29) is 6.54 Å². The molecule has 0 saturated heterocycles. The highest BCUT2D eigenvalue weighted by molar-refractivity contribution is 5.69. The Morgan fingerprint density at radius 1 is 1.73 bits per heavy atom. The molecule has 0 aliphatic heterocycles. The molecule has 1 heterocycles. The summed E-state index contributed by atoms with van der Waals surface area (Å²) in [6.07, 6.45) is 1.63. The van der Waals surface area contributed by atoms with Gasteiger partial charge in [0.2, 0.25) is 5.89 Å². The first-order valence-corrected chi connectivity index (χ1v) is 4.46. The van der Waals surface area contributed by atoms with Crippen LogP contribution in [0.25, 0.3) is 0 Å². The van der Waals surface area contributed by atoms with E-state index >= 15 is 0 Å². The molecule has 0 unspecified atom stereocenters. The van der Waals surface area contributed by atoms with E-state index in [0.29, 0.717) is 24.8 Å². The van der Waals surface area contributed by atoms with E-state index < -0.39 is 5.97 Å². The number of aliphatic carboxylic acids is 1. The standard InChI is InChI=1S/C9H13N3O3/c1-3-4-12(6-9(13)14)5-8-10-7(2)15-11-8/h3H,1,4-6H2,2H3,(H,13,14). The van der Waals surface area contributed by atoms with Crippen molar-refractivity contribution in [2.75, 3.05) is 13.1 Å². The average molecular weight is 211 g/mol. The molecule has 0 fully saturated rings. The van der Waals surface area contributed by atoms with Crippen molar-refractivity contribution >= 4 is 5.97 Å². The molecule has 1 N–H and O–H groups in total. The molecular formula is C9H13N3O3. The minimum Gasteiger partial charge on any atom is -0.480 e. The first-order chi connectivity index (χ1) is 7.11. The predicted octanol–water partition coefficient (Wildman–Crippen LogP) is 0.451. The zero-order chi connectivity index (χ0) is 11.3. The van der Waals surface area contributed by atoms with E-state index in [2.05, 4.69) is 16.7 Å². The minimum absolute atomic E-state index is 0.0698. The van der Waals surface area contributed by atoms with Gasteiger partial charge in [-0.05, 0) is 0 Å². The Balaban J connectivity index is 2.57. The van der Waals surface area contributed by atoms with Gasteiger partial charge < -0.3 is 9.63 Å². The zero-order valence-corrected chi connectivity index (χ0v) is 8.51. The van der Waals surface area contributed by atoms with Crippen molar-refractivity contribution in [3.63, 3.8) is 0 Å². The van der Waals surface area contributed by atoms with Gasteiger partial charge in [0.05, 0.1) is 13.1 Å². The van der Waals surface area contributed by atoms with E-state index in [9.17, 15) is 4.79 Å². The first-order valence-electron chi connectivity index (χ1n) is 4.46. The normalized spacial score (nSPS) is 10.5. The van der Waals surface area contributed by atoms with Crippen LogP contribution in [0.5, 0.6) is 0 Å². The first kappa shape index (κ1) is 11.4. The van der Waals surface area contributed by atoms with E-state index in [0.717, 1.165) is 0 Å². The van der Waals surface area contributed by atoms with Crippen molar-refractivity contribution in [2.45, 2.75) is 13.5 Å². The summed E-state index contributed by atoms with van der Waals surface area (Å²) in [6, 6.07) is 0. The van der Waals surface area contributed by atoms with Crippen LogP contribution < -0.4 is 0 Å². The molecule has 15 heavy (non-hydrogen) atoms. The van der Waals surface area contributed by atoms with Crippen LogP contribution in [0.2, 0.25) is 0 Å². The van der Waals surface area contributed by atoms with Crippen molar-refractivity contribution < 1.29 is 14.4 Å². The number of carboxylic acids is 1. The van der Waals surface area contributed by atoms with Crippen LogP contribution in [0, 0.1) is 6.92 Å². The topological polar surface area (TPSA) is 79.5 Å². The lowest BCUT2D eigenvalue weighted by Gasteiger charge is -2.15. The molecule has 1 aromatic rings. The minimum atomic E-state index is -0.892. The summed E-state index contributed by atoms with van der Waals surface area (Å²) in [6.45, 7) is 5.99. The molecule has 0 aliphatic rings. The van der Waals surface area contributed by atoms with Crippen LogP contribution in [0.3, 0.4) is 0 Å². The van der Waals surface area contributed by atoms with Crippen LogP contribution in [0.15, 0.2) is 17.2 Å². The molecule has 6 nitrogen and oxygen atoms in total. The Morgan fingerprint density at radius 2 is 2.47 bits per heavy atom. The van der Waals surface area contributed by atoms with Gasteiger partial charge in [0.1, 0.15) is 0 Å². The maximum atomic E-state index is 10.5. The summed E-state index contributed by atoms with van der Waals surface area (Å²) in [5, 5.41) is 12.3. The molecule has 6 heteroatoms. The number of carboxylic acid groups (broad SMARTS) is 1. The lowest BCUT2D eigenvalue weighted by Crippen LogP contribution is -2.29. The number of aromatic nitrogens is 2. The Hall–Kier alpha value is -1.69. The maximum absolute atomic E-state index is 10.5. The third kappa shape index (κ3) is 3.90. The largest absolute Gasteiger partial charge is 0.480 e. The Morgan fingerprint density at radius 3 is 2.93 bits per heavy atom. The van der Waals surface area contributed by atoms with E-state index in [1.165, 1.54) is 0 Å². The van der Waals surface area contributed by atoms with Gasteiger partial charge in [-0.2, -0.15) is 4.98 Å². The van der Waals surface area contributed by atoms with Gasteiger partial charge in [-0.15, -0.1) is 6.58 Å². The highest BCUT2D eigenvalue weighted by atomic mass is 16.5. The Bertz CT molecular complexity index is 348. The summed E-state index contributed by atoms with van der Waals surface area (Å²) in [4.78, 5) is 16.2. The van der Waals surface area contributed by atoms with Crippen LogP contribution in [-0.4, -0.2) is 39.2 Å². The summed E-state index contributed by atoms with van der Waals surface area (Å²) < 4.78 is 4.79. The molecular weight excluding hydrogens is 198 g/mol. The second kappa shape index (κ2) is 5.26. The van der Waals surface area contributed by atoms with Crippen LogP contribution >= 0.6 is 0 Å². The zero-order valence-electron chi connectivity index (χ0n) is 8.51. The number of rotatable bonds is 6. The molecule has 0 saturated carbocycles. The van der Waals surface area contributed by atoms with Crippen molar-refractivity contribution in [3.8, 4) is 0 Å². The summed E-state index contributed by atoms with van der Waals surface area (Å²) in [5.74, 6) is 0.0616. The molecule has 0 radical (unpaired) electrons. The molecule has 0 aromatic carbocycles. The van der Waals surface area contributed by atoms with Crippen molar-refractivity contribution in [1.29, 1.82) is 0 Å². The lowest BCUT2D eigenvalue weighted by atomic mass is 10.4. The molecule has 1 rings (SSSR count). The predicted molar refractivity (Wildman–Crippen MR) is 52.1 cm³/mol. The molecule has 0 amide bonds. The number of hydrogen-bond acceptors (Lipinski definition) is 5. The summed E-state index contributed by atoms with van der Waals surface area (Å²) in [7, 11) is 0. The number of aryl methyl sites for hydroxylation is 1. The summed E-state index contributed by atoms with van der Waals surface area (Å²) in [5.41, 5.74) is 0. The van der Waals surface area contributed by atoms with Gasteiger partial charge in [-0.25, -0.2) is 0 Å². The Labute approximate surface area is 87.2 Å². The van der Waals surface area contributed by atoms with Gasteiger partial charge >= 0.3 is 5.97 Å². The maximum Gasteiger partial charge on any atom is 0.317 e. The lowest BCUT2D eigenvalue weighted by molar-refractivity contribution is -0.138. The van der Waals surface area contributed by atoms with Crippen LogP contribution in [0.1, 0.15) is 11.7 Å². The molecule has 0 bridgehead atoms. The van der Waals surface area contributed by atoms with Crippen LogP contribution in [-0.2, 0) is 11.3 Å². The number of nitrogens with zero attached hydrogens (tertiary/aromatic N) is 3. The second-order valence-electron chi connectivity index (χ2n) is 3.08. The van der Waals surface area contributed by atoms with Crippen molar-refractivity contribution in [1.82, 2.24) is 15.0 Å². The van der Waals surface area contributed by atoms with Gasteiger partial charge in [0, 0.05) is 13.5 Å². The third-order valence-electron chi connectivity index (χ3n) is 1.68. The second-order valence-corrected chi connectivity index (χ2v) is 3.08. The molecule has 1 aromatic heterocycles. The van der Waals surface area contributed by atoms with Gasteiger partial charge in [-0.3, -0.25) is 9.69 Å². The number of carbonyl (C=O) groups is 1. The van der Waals surface area contributed by atoms with Crippen molar-refractivity contribution in [3.05, 3.63) is 24.4 Å². The van der Waals surface area contributed by atoms with Crippen LogP contribution in [0.4, 0.5) is 0 Å². The van der Waals surface area contributed by atoms with E-state index in [1.54, 1.807) is 17.9 Å². The van der Waals surface area contributed by atoms with Crippen molar-refractivity contribution in [2.24, 2.45) is 0 Å². The van der Waals surface area contributed by atoms with Gasteiger partial charge in [0.15, 0.2) is 5.82 Å². The molecule has 0 atom stereocenters. The quantitative estimate of drug-likeness (QED) is 0.688. The monoisotopic (exact) mass is 211 g/mol. The van der Waals surface area contributed by atoms with E-state index in [4.69, 9.17) is 9.63 Å². The number of hydrogen-bond donors (Lipinski definition) is 1. The smallest absolute Gasteiger partial charge is 0.317 e. The van der Waals surface area contributed by atoms with Gasteiger partial charge in [0.25, 0.3) is 0 Å². The molecule has 0 spiro atoms. The fourth-order valence-corrected chi connectivity index (χ4v) is 1.16. The SMILES string of the molecule is C=CCN(CC(=O)O)Cc1noc(C)n1. The fraction of sp³-hybridized carbons (Fsp3) is 0.444. The Kier molecular flexibility index (Phi) is 3.99.